The molecule has 1 aromatic carbocycles. The van der Waals surface area contributed by atoms with Gasteiger partial charge in [0.1, 0.15) is 11.5 Å². The molecule has 3 nitrogen and oxygen atoms in total. The molecule has 0 radical (unpaired) electrons. The quantitative estimate of drug-likeness (QED) is 0.803. The van der Waals surface area contributed by atoms with Gasteiger partial charge in [0.2, 0.25) is 0 Å². The summed E-state index contributed by atoms with van der Waals surface area (Å²) >= 11 is 1.61. The Labute approximate surface area is 147 Å². The Morgan fingerprint density at radius 3 is 2.58 bits per heavy atom. The van der Waals surface area contributed by atoms with Crippen LogP contribution in [-0.2, 0) is 10.3 Å². The lowest BCUT2D eigenvalue weighted by atomic mass is 9.83. The minimum Gasteiger partial charge on any atom is -0.508 e. The molecule has 0 aliphatic carbocycles. The fourth-order valence-electron chi connectivity index (χ4n) is 2.71. The Morgan fingerprint density at radius 1 is 1.29 bits per heavy atom. The average Bonchev–Trinajstić information content (AvgIpc) is 3.03. The predicted molar refractivity (Wildman–Crippen MR) is 100 cm³/mol. The number of ketones is 1. The lowest BCUT2D eigenvalue weighted by Crippen LogP contribution is -2.44. The molecule has 0 fully saturated rings. The van der Waals surface area contributed by atoms with Crippen molar-refractivity contribution in [1.29, 1.82) is 0 Å². The summed E-state index contributed by atoms with van der Waals surface area (Å²) in [5.74, 6) is 6.04. The maximum absolute atomic E-state index is 11.9. The summed E-state index contributed by atoms with van der Waals surface area (Å²) < 4.78 is 0. The van der Waals surface area contributed by atoms with Gasteiger partial charge in [-0.1, -0.05) is 12.8 Å². The number of phenols is 1. The molecule has 126 valence electrons. The Kier molecular flexibility index (Phi) is 5.48. The van der Waals surface area contributed by atoms with Gasteiger partial charge < -0.3 is 10.4 Å². The molecule has 0 saturated heterocycles. The van der Waals surface area contributed by atoms with E-state index in [2.05, 4.69) is 28.6 Å². The van der Waals surface area contributed by atoms with E-state index in [0.717, 1.165) is 21.6 Å². The highest BCUT2D eigenvalue weighted by Gasteiger charge is 2.35. The Hall–Kier alpha value is -2.09. The van der Waals surface area contributed by atoms with Crippen LogP contribution in [0.1, 0.15) is 38.1 Å². The van der Waals surface area contributed by atoms with Crippen molar-refractivity contribution in [2.45, 2.75) is 33.2 Å². The van der Waals surface area contributed by atoms with Gasteiger partial charge in [0, 0.05) is 16.4 Å². The molecule has 0 aliphatic rings. The highest BCUT2D eigenvalue weighted by molar-refractivity contribution is 7.10. The van der Waals surface area contributed by atoms with Crippen LogP contribution >= 0.6 is 11.3 Å². The molecule has 2 rings (SSSR count). The predicted octanol–water partition coefficient (Wildman–Crippen LogP) is 4.15. The van der Waals surface area contributed by atoms with E-state index < -0.39 is 5.54 Å². The van der Waals surface area contributed by atoms with E-state index in [4.69, 9.17) is 0 Å². The van der Waals surface area contributed by atoms with E-state index in [1.165, 1.54) is 0 Å². The monoisotopic (exact) mass is 341 g/mol. The molecule has 24 heavy (non-hydrogen) atoms. The lowest BCUT2D eigenvalue weighted by Gasteiger charge is -2.33. The van der Waals surface area contributed by atoms with Crippen LogP contribution in [0.25, 0.3) is 11.1 Å². The maximum Gasteiger partial charge on any atom is 0.134 e. The highest BCUT2D eigenvalue weighted by atomic mass is 32.1. The highest BCUT2D eigenvalue weighted by Crippen LogP contribution is 2.37. The second-order valence-electron chi connectivity index (χ2n) is 6.13. The third-order valence-corrected chi connectivity index (χ3v) is 5.79. The summed E-state index contributed by atoms with van der Waals surface area (Å²) in [7, 11) is 1.88. The van der Waals surface area contributed by atoms with E-state index in [9.17, 15) is 9.90 Å². The summed E-state index contributed by atoms with van der Waals surface area (Å²) in [6, 6.07) is 7.44. The zero-order chi connectivity index (χ0) is 17.9. The standard InChI is InChI=1S/C20H23NO2S/c1-6-7-15-8-16(10-18(23)9-15)17-11-19(24-12-17)20(4,21-5)13(2)14(3)22/h8-13,21,23H,1-5H3. The van der Waals surface area contributed by atoms with E-state index in [-0.39, 0.29) is 17.5 Å². The van der Waals surface area contributed by atoms with Crippen molar-refractivity contribution >= 4 is 17.1 Å². The number of aromatic hydroxyl groups is 1. The molecular formula is C20H23NO2S. The first-order chi connectivity index (χ1) is 11.3. The SMILES string of the molecule is CC#Cc1cc(O)cc(-c2csc(C(C)(NC)C(C)C(C)=O)c2)c1. The number of nitrogens with one attached hydrogen (secondary N) is 1. The largest absolute Gasteiger partial charge is 0.508 e. The summed E-state index contributed by atoms with van der Waals surface area (Å²) in [5.41, 5.74) is 2.30. The van der Waals surface area contributed by atoms with Crippen molar-refractivity contribution in [1.82, 2.24) is 5.32 Å². The normalized spacial score (nSPS) is 14.4. The number of rotatable bonds is 5. The first-order valence-electron chi connectivity index (χ1n) is 7.87. The van der Waals surface area contributed by atoms with Crippen molar-refractivity contribution in [2.75, 3.05) is 7.05 Å². The number of hydrogen-bond donors (Lipinski definition) is 2. The van der Waals surface area contributed by atoms with Gasteiger partial charge in [-0.2, -0.15) is 0 Å². The van der Waals surface area contributed by atoms with Crippen molar-refractivity contribution < 1.29 is 9.90 Å². The smallest absolute Gasteiger partial charge is 0.134 e. The molecule has 1 heterocycles. The molecule has 0 bridgehead atoms. The Bertz CT molecular complexity index is 813. The van der Waals surface area contributed by atoms with Crippen molar-refractivity contribution in [3.63, 3.8) is 0 Å². The molecule has 0 saturated carbocycles. The molecule has 0 amide bonds. The summed E-state index contributed by atoms with van der Waals surface area (Å²) in [4.78, 5) is 13.0. The van der Waals surface area contributed by atoms with Gasteiger partial charge in [-0.05, 0) is 68.6 Å². The number of benzene rings is 1. The summed E-state index contributed by atoms with van der Waals surface area (Å²) in [6.45, 7) is 7.39. The van der Waals surface area contributed by atoms with Crippen molar-refractivity contribution in [2.24, 2.45) is 5.92 Å². The van der Waals surface area contributed by atoms with Crippen molar-refractivity contribution in [3.05, 3.63) is 40.1 Å². The Balaban J connectivity index is 2.47. The molecular weight excluding hydrogens is 318 g/mol. The fraction of sp³-hybridized carbons (Fsp3) is 0.350. The number of carbonyl (C=O) groups is 1. The third kappa shape index (κ3) is 3.53. The molecule has 0 spiro atoms. The van der Waals surface area contributed by atoms with Crippen LogP contribution in [0.3, 0.4) is 0 Å². The van der Waals surface area contributed by atoms with E-state index in [0.29, 0.717) is 0 Å². The van der Waals surface area contributed by atoms with Gasteiger partial charge in [0.25, 0.3) is 0 Å². The van der Waals surface area contributed by atoms with Crippen LogP contribution in [0, 0.1) is 17.8 Å². The zero-order valence-corrected chi connectivity index (χ0v) is 15.5. The van der Waals surface area contributed by atoms with Gasteiger partial charge in [-0.25, -0.2) is 0 Å². The van der Waals surface area contributed by atoms with E-state index in [1.54, 1.807) is 37.3 Å². The van der Waals surface area contributed by atoms with Crippen molar-refractivity contribution in [3.8, 4) is 28.7 Å². The second-order valence-corrected chi connectivity index (χ2v) is 7.04. The lowest BCUT2D eigenvalue weighted by molar-refractivity contribution is -0.122. The maximum atomic E-state index is 11.9. The van der Waals surface area contributed by atoms with Crippen LogP contribution in [-0.4, -0.2) is 17.9 Å². The average molecular weight is 341 g/mol. The molecule has 4 heteroatoms. The zero-order valence-electron chi connectivity index (χ0n) is 14.7. The third-order valence-electron chi connectivity index (χ3n) is 4.63. The van der Waals surface area contributed by atoms with Gasteiger partial charge in [0.15, 0.2) is 0 Å². The fourth-order valence-corrected chi connectivity index (χ4v) is 3.89. The number of thiophene rings is 1. The molecule has 0 aliphatic heterocycles. The number of hydrogen-bond acceptors (Lipinski definition) is 4. The summed E-state index contributed by atoms with van der Waals surface area (Å²) in [6.07, 6.45) is 0. The number of Topliss-reactive ketones (excluding diaryl/α,β-unsaturated/α-hetero) is 1. The Morgan fingerprint density at radius 2 is 2.00 bits per heavy atom. The summed E-state index contributed by atoms with van der Waals surface area (Å²) in [5, 5.41) is 15.3. The van der Waals surface area contributed by atoms with Gasteiger partial charge >= 0.3 is 0 Å². The van der Waals surface area contributed by atoms with Crippen LogP contribution in [0.15, 0.2) is 29.6 Å². The van der Waals surface area contributed by atoms with E-state index >= 15 is 0 Å². The molecule has 2 atom stereocenters. The molecule has 1 aromatic heterocycles. The number of phenolic OH excluding ortho intramolecular Hbond substituents is 1. The van der Waals surface area contributed by atoms with Crippen LogP contribution in [0.5, 0.6) is 5.75 Å². The second kappa shape index (κ2) is 7.21. The van der Waals surface area contributed by atoms with Crippen LogP contribution in [0.4, 0.5) is 0 Å². The van der Waals surface area contributed by atoms with Gasteiger partial charge in [0.05, 0.1) is 5.54 Å². The minimum absolute atomic E-state index is 0.139. The first-order valence-corrected chi connectivity index (χ1v) is 8.75. The minimum atomic E-state index is -0.419. The molecule has 2 aromatic rings. The van der Waals surface area contributed by atoms with Gasteiger partial charge in [-0.15, -0.1) is 17.3 Å². The van der Waals surface area contributed by atoms with Crippen LogP contribution in [0.2, 0.25) is 0 Å². The molecule has 2 unspecified atom stereocenters. The van der Waals surface area contributed by atoms with Gasteiger partial charge in [-0.3, -0.25) is 4.79 Å². The van der Waals surface area contributed by atoms with Crippen LogP contribution < -0.4 is 5.32 Å². The number of carbonyl (C=O) groups excluding carboxylic acids is 1. The molecule has 2 N–H and O–H groups in total. The first kappa shape index (κ1) is 18.3. The van der Waals surface area contributed by atoms with E-state index in [1.807, 2.05) is 27.0 Å². The topological polar surface area (TPSA) is 49.3 Å².